The molecule has 0 aromatic carbocycles. The molecule has 0 fully saturated rings. The van der Waals surface area contributed by atoms with Crippen LogP contribution in [0.2, 0.25) is 0 Å². The molecule has 1 aromatic rings. The lowest BCUT2D eigenvalue weighted by molar-refractivity contribution is 0.570. The normalized spacial score (nSPS) is 12.3. The van der Waals surface area contributed by atoms with Crippen LogP contribution in [-0.2, 0) is 12.0 Å². The molecule has 0 unspecified atom stereocenters. The molecule has 4 nitrogen and oxygen atoms in total. The Balaban J connectivity index is 0.00000324. The van der Waals surface area contributed by atoms with Gasteiger partial charge in [0, 0.05) is 23.9 Å². The molecule has 1 aromatic heterocycles. The Morgan fingerprint density at radius 2 is 2.05 bits per heavy atom. The Morgan fingerprint density at radius 3 is 2.47 bits per heavy atom. The fourth-order valence-corrected chi connectivity index (χ4v) is 2.32. The Morgan fingerprint density at radius 1 is 1.42 bits per heavy atom. The van der Waals surface area contributed by atoms with Crippen molar-refractivity contribution in [2.45, 2.75) is 52.6 Å². The molecule has 1 heterocycles. The van der Waals surface area contributed by atoms with E-state index in [9.17, 15) is 0 Å². The molecule has 6 heteroatoms. The summed E-state index contributed by atoms with van der Waals surface area (Å²) in [6, 6.07) is 0.373. The predicted molar refractivity (Wildman–Crippen MR) is 94.7 cm³/mol. The van der Waals surface area contributed by atoms with Crippen molar-refractivity contribution >= 4 is 41.3 Å². The monoisotopic (exact) mass is 396 g/mol. The summed E-state index contributed by atoms with van der Waals surface area (Å²) in [5, 5.41) is 9.75. The minimum atomic E-state index is 0. The quantitative estimate of drug-likeness (QED) is 0.469. The third-order valence-electron chi connectivity index (χ3n) is 2.38. The number of hydrogen-bond acceptors (Lipinski definition) is 3. The van der Waals surface area contributed by atoms with Gasteiger partial charge in [-0.25, -0.2) is 4.98 Å². The van der Waals surface area contributed by atoms with Crippen LogP contribution in [0.1, 0.15) is 45.3 Å². The van der Waals surface area contributed by atoms with Gasteiger partial charge in [0.25, 0.3) is 0 Å². The number of thiazole rings is 1. The van der Waals surface area contributed by atoms with Crippen molar-refractivity contribution in [3.05, 3.63) is 16.1 Å². The maximum atomic E-state index is 4.64. The van der Waals surface area contributed by atoms with Gasteiger partial charge in [-0.1, -0.05) is 20.8 Å². The number of aliphatic imine (C=N–C) groups is 1. The number of halogens is 1. The maximum absolute atomic E-state index is 4.64. The average molecular weight is 396 g/mol. The summed E-state index contributed by atoms with van der Waals surface area (Å²) in [6.45, 7) is 11.4. The lowest BCUT2D eigenvalue weighted by Gasteiger charge is -2.15. The number of nitrogens with one attached hydrogen (secondary N) is 2. The molecule has 0 atom stereocenters. The number of aromatic nitrogens is 1. The molecule has 0 saturated carbocycles. The van der Waals surface area contributed by atoms with Crippen LogP contribution in [-0.4, -0.2) is 24.0 Å². The largest absolute Gasteiger partial charge is 0.354 e. The van der Waals surface area contributed by atoms with Gasteiger partial charge in [-0.15, -0.1) is 35.3 Å². The number of nitrogens with zero attached hydrogens (tertiary/aromatic N) is 2. The van der Waals surface area contributed by atoms with Crippen LogP contribution in [0.25, 0.3) is 0 Å². The van der Waals surface area contributed by atoms with E-state index >= 15 is 0 Å². The lowest BCUT2D eigenvalue weighted by atomic mass is 9.93. The summed E-state index contributed by atoms with van der Waals surface area (Å²) in [6.07, 6.45) is 0. The second kappa shape index (κ2) is 8.04. The highest BCUT2D eigenvalue weighted by Crippen LogP contribution is 2.23. The molecule has 110 valence electrons. The first kappa shape index (κ1) is 18.6. The molecule has 0 saturated heterocycles. The first-order valence-corrected chi connectivity index (χ1v) is 7.13. The molecular formula is C13H25IN4S. The maximum Gasteiger partial charge on any atom is 0.191 e. The van der Waals surface area contributed by atoms with Gasteiger partial charge < -0.3 is 10.6 Å². The molecule has 0 aliphatic rings. The predicted octanol–water partition coefficient (Wildman–Crippen LogP) is 3.13. The van der Waals surface area contributed by atoms with E-state index in [1.165, 1.54) is 0 Å². The van der Waals surface area contributed by atoms with Crippen LogP contribution < -0.4 is 10.6 Å². The number of hydrogen-bond donors (Lipinski definition) is 2. The number of guanidine groups is 1. The molecular weight excluding hydrogens is 371 g/mol. The van der Waals surface area contributed by atoms with E-state index in [1.54, 1.807) is 18.4 Å². The molecule has 2 N–H and O–H groups in total. The molecule has 0 aliphatic heterocycles. The first-order valence-electron chi connectivity index (χ1n) is 6.25. The highest BCUT2D eigenvalue weighted by atomic mass is 127. The van der Waals surface area contributed by atoms with E-state index in [0.717, 1.165) is 16.7 Å². The van der Waals surface area contributed by atoms with Crippen molar-refractivity contribution in [1.82, 2.24) is 15.6 Å². The summed E-state index contributed by atoms with van der Waals surface area (Å²) in [4.78, 5) is 8.81. The molecule has 0 radical (unpaired) electrons. The van der Waals surface area contributed by atoms with Crippen molar-refractivity contribution in [1.29, 1.82) is 0 Å². The van der Waals surface area contributed by atoms with E-state index in [-0.39, 0.29) is 29.4 Å². The van der Waals surface area contributed by atoms with Gasteiger partial charge in [0.1, 0.15) is 5.01 Å². The van der Waals surface area contributed by atoms with Crippen LogP contribution in [0.3, 0.4) is 0 Å². The van der Waals surface area contributed by atoms with E-state index in [1.807, 2.05) is 0 Å². The topological polar surface area (TPSA) is 49.3 Å². The first-order chi connectivity index (χ1) is 8.32. The lowest BCUT2D eigenvalue weighted by Crippen LogP contribution is -2.40. The summed E-state index contributed by atoms with van der Waals surface area (Å²) in [5.41, 5.74) is 1.27. The van der Waals surface area contributed by atoms with Crippen LogP contribution in [0.15, 0.2) is 10.4 Å². The summed E-state index contributed by atoms with van der Waals surface area (Å²) < 4.78 is 0. The average Bonchev–Trinajstić information content (AvgIpc) is 2.71. The Bertz CT molecular complexity index is 407. The molecule has 0 amide bonds. The zero-order chi connectivity index (χ0) is 13.8. The Hall–Kier alpha value is -0.370. The van der Waals surface area contributed by atoms with Crippen LogP contribution >= 0.6 is 35.3 Å². The fraction of sp³-hybridized carbons (Fsp3) is 0.692. The minimum Gasteiger partial charge on any atom is -0.354 e. The third kappa shape index (κ3) is 6.56. The highest BCUT2D eigenvalue weighted by molar-refractivity contribution is 14.0. The molecule has 0 spiro atoms. The van der Waals surface area contributed by atoms with Gasteiger partial charge in [0.2, 0.25) is 0 Å². The Kier molecular flexibility index (Phi) is 7.88. The highest BCUT2D eigenvalue weighted by Gasteiger charge is 2.17. The second-order valence-electron chi connectivity index (χ2n) is 5.60. The van der Waals surface area contributed by atoms with Crippen molar-refractivity contribution in [2.75, 3.05) is 7.05 Å². The van der Waals surface area contributed by atoms with Crippen LogP contribution in [0.4, 0.5) is 0 Å². The van der Waals surface area contributed by atoms with E-state index in [0.29, 0.717) is 12.6 Å². The zero-order valence-electron chi connectivity index (χ0n) is 12.6. The van der Waals surface area contributed by atoms with Gasteiger partial charge in [0.15, 0.2) is 5.96 Å². The van der Waals surface area contributed by atoms with Gasteiger partial charge in [-0.3, -0.25) is 4.99 Å². The van der Waals surface area contributed by atoms with E-state index in [2.05, 4.69) is 60.6 Å². The molecule has 19 heavy (non-hydrogen) atoms. The number of rotatable bonds is 3. The van der Waals surface area contributed by atoms with Gasteiger partial charge in [-0.2, -0.15) is 0 Å². The van der Waals surface area contributed by atoms with Crippen molar-refractivity contribution in [3.8, 4) is 0 Å². The molecule has 0 bridgehead atoms. The standard InChI is InChI=1S/C13H24N4S.HI/c1-9(2)16-12(14-6)15-7-11-17-10(8-18-11)13(3,4)5;/h8-9H,7H2,1-6H3,(H2,14,15,16);1H. The zero-order valence-corrected chi connectivity index (χ0v) is 15.7. The van der Waals surface area contributed by atoms with Crippen molar-refractivity contribution in [2.24, 2.45) is 4.99 Å². The molecule has 1 rings (SSSR count). The summed E-state index contributed by atoms with van der Waals surface area (Å²) in [5.74, 6) is 0.817. The van der Waals surface area contributed by atoms with Crippen molar-refractivity contribution < 1.29 is 0 Å². The van der Waals surface area contributed by atoms with Gasteiger partial charge in [-0.05, 0) is 13.8 Å². The van der Waals surface area contributed by atoms with Crippen LogP contribution in [0, 0.1) is 0 Å². The van der Waals surface area contributed by atoms with E-state index in [4.69, 9.17) is 0 Å². The van der Waals surface area contributed by atoms with Crippen LogP contribution in [0.5, 0.6) is 0 Å². The molecule has 0 aliphatic carbocycles. The van der Waals surface area contributed by atoms with E-state index < -0.39 is 0 Å². The second-order valence-corrected chi connectivity index (χ2v) is 6.54. The summed E-state index contributed by atoms with van der Waals surface area (Å²) in [7, 11) is 1.78. The fourth-order valence-electron chi connectivity index (χ4n) is 1.36. The van der Waals surface area contributed by atoms with Gasteiger partial charge in [0.05, 0.1) is 12.2 Å². The Labute approximate surface area is 137 Å². The summed E-state index contributed by atoms with van der Waals surface area (Å²) >= 11 is 1.69. The third-order valence-corrected chi connectivity index (χ3v) is 3.23. The minimum absolute atomic E-state index is 0. The van der Waals surface area contributed by atoms with Gasteiger partial charge >= 0.3 is 0 Å². The smallest absolute Gasteiger partial charge is 0.191 e. The SMILES string of the molecule is CN=C(NCc1nc(C(C)(C)C)cs1)NC(C)C.I. The van der Waals surface area contributed by atoms with Crippen molar-refractivity contribution in [3.63, 3.8) is 0 Å².